The fraction of sp³-hybridized carbons (Fsp3) is 0.455. The third kappa shape index (κ3) is 4.25. The molecule has 0 aliphatic rings. The van der Waals surface area contributed by atoms with Crippen molar-refractivity contribution in [2.75, 3.05) is 11.9 Å². The van der Waals surface area contributed by atoms with Crippen LogP contribution in [0.3, 0.4) is 0 Å². The van der Waals surface area contributed by atoms with Gasteiger partial charge in [-0.25, -0.2) is 9.78 Å². The molecule has 2 heterocycles. The van der Waals surface area contributed by atoms with Gasteiger partial charge in [0.25, 0.3) is 0 Å². The van der Waals surface area contributed by atoms with Crippen molar-refractivity contribution in [1.82, 2.24) is 19.9 Å². The fourth-order valence-electron chi connectivity index (χ4n) is 1.39. The zero-order valence-corrected chi connectivity index (χ0v) is 12.3. The minimum atomic E-state index is -0.245. The quantitative estimate of drug-likeness (QED) is 0.888. The van der Waals surface area contributed by atoms with E-state index < -0.39 is 0 Å². The zero-order chi connectivity index (χ0) is 13.7. The van der Waals surface area contributed by atoms with Crippen molar-refractivity contribution in [2.45, 2.75) is 26.2 Å². The maximum Gasteiger partial charge on any atom is 0.319 e. The van der Waals surface area contributed by atoms with E-state index in [1.807, 2.05) is 5.38 Å². The maximum atomic E-state index is 11.5. The third-order valence-corrected chi connectivity index (χ3v) is 4.10. The highest BCUT2D eigenvalue weighted by Gasteiger charge is 2.07. The van der Waals surface area contributed by atoms with E-state index in [2.05, 4.69) is 39.1 Å². The van der Waals surface area contributed by atoms with Crippen molar-refractivity contribution in [2.24, 2.45) is 0 Å². The van der Waals surface area contributed by atoms with Crippen LogP contribution in [0.1, 0.15) is 30.5 Å². The predicted molar refractivity (Wildman–Crippen MR) is 76.8 cm³/mol. The molecule has 2 aromatic rings. The Balaban J connectivity index is 1.72. The summed E-state index contributed by atoms with van der Waals surface area (Å²) in [4.78, 5) is 16.0. The van der Waals surface area contributed by atoms with E-state index in [1.165, 1.54) is 6.20 Å². The molecule has 19 heavy (non-hydrogen) atoms. The molecule has 0 aromatic carbocycles. The Morgan fingerprint density at radius 3 is 2.95 bits per heavy atom. The molecule has 6 nitrogen and oxygen atoms in total. The lowest BCUT2D eigenvalue weighted by molar-refractivity contribution is 0.252. The van der Waals surface area contributed by atoms with E-state index in [0.717, 1.165) is 28.7 Å². The first-order valence-electron chi connectivity index (χ1n) is 5.91. The SMILES string of the molecule is CC(C)c1nc(CCNC(=O)Nc2cnns2)cs1. The van der Waals surface area contributed by atoms with Gasteiger partial charge in [0.1, 0.15) is 5.00 Å². The summed E-state index contributed by atoms with van der Waals surface area (Å²) < 4.78 is 3.66. The summed E-state index contributed by atoms with van der Waals surface area (Å²) in [6, 6.07) is -0.245. The zero-order valence-electron chi connectivity index (χ0n) is 10.7. The minimum absolute atomic E-state index is 0.245. The molecule has 2 aromatic heterocycles. The van der Waals surface area contributed by atoms with E-state index in [-0.39, 0.29) is 6.03 Å². The molecule has 0 aliphatic heterocycles. The van der Waals surface area contributed by atoms with E-state index in [0.29, 0.717) is 17.5 Å². The van der Waals surface area contributed by atoms with E-state index in [1.54, 1.807) is 11.3 Å². The summed E-state index contributed by atoms with van der Waals surface area (Å²) >= 11 is 2.81. The molecule has 0 unspecified atom stereocenters. The molecule has 102 valence electrons. The number of rotatable bonds is 5. The summed E-state index contributed by atoms with van der Waals surface area (Å²) in [5.74, 6) is 0.453. The highest BCUT2D eigenvalue weighted by atomic mass is 32.1. The summed E-state index contributed by atoms with van der Waals surface area (Å²) in [5, 5.41) is 12.9. The largest absolute Gasteiger partial charge is 0.337 e. The lowest BCUT2D eigenvalue weighted by Gasteiger charge is -2.03. The van der Waals surface area contributed by atoms with Crippen molar-refractivity contribution >= 4 is 33.9 Å². The topological polar surface area (TPSA) is 79.8 Å². The normalized spacial score (nSPS) is 10.7. The Hall–Kier alpha value is -1.54. The summed E-state index contributed by atoms with van der Waals surface area (Å²) in [6.07, 6.45) is 2.25. The number of hydrogen-bond donors (Lipinski definition) is 2. The minimum Gasteiger partial charge on any atom is -0.337 e. The van der Waals surface area contributed by atoms with Gasteiger partial charge < -0.3 is 5.32 Å². The number of nitrogens with zero attached hydrogens (tertiary/aromatic N) is 3. The lowest BCUT2D eigenvalue weighted by Crippen LogP contribution is -2.30. The average molecular weight is 297 g/mol. The van der Waals surface area contributed by atoms with Gasteiger partial charge in [-0.3, -0.25) is 5.32 Å². The second-order valence-corrected chi connectivity index (χ2v) is 5.92. The molecule has 0 spiro atoms. The van der Waals surface area contributed by atoms with Crippen LogP contribution in [0, 0.1) is 0 Å². The van der Waals surface area contributed by atoms with Gasteiger partial charge in [-0.2, -0.15) is 0 Å². The number of thiazole rings is 1. The first kappa shape index (κ1) is 13.9. The van der Waals surface area contributed by atoms with E-state index >= 15 is 0 Å². The number of urea groups is 1. The molecule has 2 amide bonds. The summed E-state index contributed by atoms with van der Waals surface area (Å²) in [7, 11) is 0. The van der Waals surface area contributed by atoms with Crippen LogP contribution in [-0.4, -0.2) is 27.1 Å². The monoisotopic (exact) mass is 297 g/mol. The van der Waals surface area contributed by atoms with Crippen LogP contribution >= 0.6 is 22.9 Å². The molecule has 0 aliphatic carbocycles. The highest BCUT2D eigenvalue weighted by Crippen LogP contribution is 2.19. The van der Waals surface area contributed by atoms with Gasteiger partial charge in [-0.1, -0.05) is 18.3 Å². The van der Waals surface area contributed by atoms with Crippen LogP contribution in [-0.2, 0) is 6.42 Å². The van der Waals surface area contributed by atoms with E-state index in [9.17, 15) is 4.79 Å². The average Bonchev–Trinajstić information content (AvgIpc) is 3.00. The third-order valence-electron chi connectivity index (χ3n) is 2.33. The number of amides is 2. The van der Waals surface area contributed by atoms with Crippen molar-refractivity contribution in [3.8, 4) is 0 Å². The van der Waals surface area contributed by atoms with Crippen LogP contribution in [0.4, 0.5) is 9.80 Å². The molecule has 0 saturated heterocycles. The first-order chi connectivity index (χ1) is 9.15. The Bertz CT molecular complexity index is 523. The molecule has 2 N–H and O–H groups in total. The van der Waals surface area contributed by atoms with Gasteiger partial charge >= 0.3 is 6.03 Å². The van der Waals surface area contributed by atoms with Crippen molar-refractivity contribution in [1.29, 1.82) is 0 Å². The van der Waals surface area contributed by atoms with Crippen LogP contribution in [0.5, 0.6) is 0 Å². The van der Waals surface area contributed by atoms with Gasteiger partial charge in [0.2, 0.25) is 0 Å². The molecule has 0 fully saturated rings. The Morgan fingerprint density at radius 2 is 2.32 bits per heavy atom. The maximum absolute atomic E-state index is 11.5. The summed E-state index contributed by atoms with van der Waals surface area (Å²) in [6.45, 7) is 4.80. The molecule has 0 bridgehead atoms. The number of nitrogens with one attached hydrogen (secondary N) is 2. The Morgan fingerprint density at radius 1 is 1.47 bits per heavy atom. The Labute approximate surface area is 119 Å². The molecular weight excluding hydrogens is 282 g/mol. The predicted octanol–water partition coefficient (Wildman–Crippen LogP) is 2.48. The van der Waals surface area contributed by atoms with Crippen LogP contribution in [0.2, 0.25) is 0 Å². The lowest BCUT2D eigenvalue weighted by atomic mass is 10.2. The van der Waals surface area contributed by atoms with Crippen LogP contribution in [0.25, 0.3) is 0 Å². The van der Waals surface area contributed by atoms with Crippen LogP contribution in [0.15, 0.2) is 11.6 Å². The van der Waals surface area contributed by atoms with E-state index in [4.69, 9.17) is 0 Å². The molecule has 2 rings (SSSR count). The number of anilines is 1. The van der Waals surface area contributed by atoms with Crippen LogP contribution < -0.4 is 10.6 Å². The molecule has 8 heteroatoms. The number of carbonyl (C=O) groups excluding carboxylic acids is 1. The van der Waals surface area contributed by atoms with Crippen molar-refractivity contribution < 1.29 is 4.79 Å². The Kier molecular flexibility index (Phi) is 4.80. The molecule has 0 atom stereocenters. The summed E-state index contributed by atoms with van der Waals surface area (Å²) in [5.41, 5.74) is 1.02. The van der Waals surface area contributed by atoms with Gasteiger partial charge in [-0.15, -0.1) is 16.4 Å². The molecule has 0 saturated carbocycles. The van der Waals surface area contributed by atoms with Gasteiger partial charge in [0.05, 0.1) is 16.9 Å². The number of carbonyl (C=O) groups is 1. The van der Waals surface area contributed by atoms with Gasteiger partial charge in [0, 0.05) is 35.8 Å². The van der Waals surface area contributed by atoms with Crippen molar-refractivity contribution in [3.05, 3.63) is 22.3 Å². The smallest absolute Gasteiger partial charge is 0.319 e. The van der Waals surface area contributed by atoms with Gasteiger partial charge in [0.15, 0.2) is 0 Å². The molecule has 0 radical (unpaired) electrons. The second-order valence-electron chi connectivity index (χ2n) is 4.24. The first-order valence-corrected chi connectivity index (χ1v) is 7.57. The van der Waals surface area contributed by atoms with Crippen molar-refractivity contribution in [3.63, 3.8) is 0 Å². The standard InChI is InChI=1S/C11H15N5OS2/c1-7(2)10-14-8(6-18-10)3-4-12-11(17)15-9-5-13-16-19-9/h5-7H,3-4H2,1-2H3,(H2,12,15,17). The number of aromatic nitrogens is 3. The number of hydrogen-bond acceptors (Lipinski definition) is 6. The highest BCUT2D eigenvalue weighted by molar-refractivity contribution is 7.10. The van der Waals surface area contributed by atoms with Gasteiger partial charge in [-0.05, 0) is 0 Å². The second kappa shape index (κ2) is 6.58. The molecular formula is C11H15N5OS2. The fourth-order valence-corrected chi connectivity index (χ4v) is 2.67.